The molecule has 4 heteroatoms. The molecule has 3 atom stereocenters. The second-order valence-electron chi connectivity index (χ2n) is 3.72. The molecule has 82 valence electrons. The number of carbonyl (C=O) groups is 1. The zero-order valence-corrected chi connectivity index (χ0v) is 8.79. The number of nitrogens with zero attached hydrogens (tertiary/aromatic N) is 1. The number of carboxylic acids is 1. The van der Waals surface area contributed by atoms with Gasteiger partial charge in [0.05, 0.1) is 12.0 Å². The summed E-state index contributed by atoms with van der Waals surface area (Å²) >= 11 is 0. The molecule has 0 radical (unpaired) electrons. The molecule has 0 spiro atoms. The van der Waals surface area contributed by atoms with Gasteiger partial charge < -0.3 is 10.2 Å². The largest absolute Gasteiger partial charge is 0.481 e. The Hall–Kier alpha value is -1.42. The van der Waals surface area contributed by atoms with Gasteiger partial charge in [-0.25, -0.2) is 0 Å². The summed E-state index contributed by atoms with van der Waals surface area (Å²) in [7, 11) is 0. The maximum absolute atomic E-state index is 10.7. The van der Waals surface area contributed by atoms with Crippen molar-refractivity contribution >= 4 is 5.97 Å². The molecular formula is C11H15NO3. The minimum Gasteiger partial charge on any atom is -0.481 e. The number of rotatable bonds is 4. The number of aliphatic hydroxyl groups excluding tert-OH is 1. The summed E-state index contributed by atoms with van der Waals surface area (Å²) in [5, 5.41) is 18.7. The first-order valence-electron chi connectivity index (χ1n) is 4.85. The molecule has 15 heavy (non-hydrogen) atoms. The molecule has 0 aliphatic carbocycles. The van der Waals surface area contributed by atoms with Gasteiger partial charge >= 0.3 is 5.97 Å². The van der Waals surface area contributed by atoms with Crippen LogP contribution in [-0.2, 0) is 4.79 Å². The Morgan fingerprint density at radius 1 is 1.47 bits per heavy atom. The van der Waals surface area contributed by atoms with Crippen LogP contribution in [0.2, 0.25) is 0 Å². The van der Waals surface area contributed by atoms with Gasteiger partial charge in [0.15, 0.2) is 0 Å². The van der Waals surface area contributed by atoms with Gasteiger partial charge in [0.25, 0.3) is 0 Å². The third-order valence-electron chi connectivity index (χ3n) is 2.70. The van der Waals surface area contributed by atoms with E-state index in [0.29, 0.717) is 5.56 Å². The second kappa shape index (κ2) is 4.89. The van der Waals surface area contributed by atoms with Crippen molar-refractivity contribution in [1.29, 1.82) is 0 Å². The van der Waals surface area contributed by atoms with Gasteiger partial charge in [0.2, 0.25) is 0 Å². The van der Waals surface area contributed by atoms with Crippen LogP contribution in [-0.4, -0.2) is 21.2 Å². The molecule has 0 saturated carbocycles. The van der Waals surface area contributed by atoms with Crippen LogP contribution in [0.25, 0.3) is 0 Å². The number of hydrogen-bond acceptors (Lipinski definition) is 3. The summed E-state index contributed by atoms with van der Waals surface area (Å²) in [5.74, 6) is -1.82. The molecule has 1 aromatic rings. The molecule has 0 aromatic carbocycles. The molecular weight excluding hydrogens is 194 g/mol. The molecule has 0 bridgehead atoms. The van der Waals surface area contributed by atoms with Gasteiger partial charge in [0, 0.05) is 12.4 Å². The van der Waals surface area contributed by atoms with Gasteiger partial charge in [-0.15, -0.1) is 0 Å². The predicted octanol–water partition coefficient (Wildman–Crippen LogP) is 1.47. The van der Waals surface area contributed by atoms with Crippen molar-refractivity contribution in [2.45, 2.75) is 20.0 Å². The van der Waals surface area contributed by atoms with E-state index in [1.807, 2.05) is 0 Å². The summed E-state index contributed by atoms with van der Waals surface area (Å²) in [5.41, 5.74) is 0.651. The molecule has 0 aliphatic rings. The van der Waals surface area contributed by atoms with Crippen LogP contribution in [0.4, 0.5) is 0 Å². The maximum Gasteiger partial charge on any atom is 0.306 e. The molecule has 4 nitrogen and oxygen atoms in total. The van der Waals surface area contributed by atoms with E-state index < -0.39 is 18.0 Å². The summed E-state index contributed by atoms with van der Waals surface area (Å²) in [6, 6.07) is 3.46. The molecule has 2 N–H and O–H groups in total. The first kappa shape index (κ1) is 11.7. The third kappa shape index (κ3) is 2.76. The SMILES string of the molecule is CC(C(=O)O)C(C)C(O)c1cccnc1. The fourth-order valence-electron chi connectivity index (χ4n) is 1.35. The van der Waals surface area contributed by atoms with Gasteiger partial charge in [-0.2, -0.15) is 0 Å². The third-order valence-corrected chi connectivity index (χ3v) is 2.70. The average molecular weight is 209 g/mol. The summed E-state index contributed by atoms with van der Waals surface area (Å²) in [6.45, 7) is 3.31. The van der Waals surface area contributed by atoms with Crippen molar-refractivity contribution in [3.63, 3.8) is 0 Å². The van der Waals surface area contributed by atoms with Crippen LogP contribution < -0.4 is 0 Å². The minimum atomic E-state index is -0.898. The van der Waals surface area contributed by atoms with E-state index in [-0.39, 0.29) is 5.92 Å². The monoisotopic (exact) mass is 209 g/mol. The Balaban J connectivity index is 2.77. The molecule has 0 aliphatic heterocycles. The number of aliphatic carboxylic acids is 1. The molecule has 3 unspecified atom stereocenters. The fraction of sp³-hybridized carbons (Fsp3) is 0.455. The van der Waals surface area contributed by atoms with Gasteiger partial charge in [0.1, 0.15) is 0 Å². The summed E-state index contributed by atoms with van der Waals surface area (Å²) in [4.78, 5) is 14.6. The van der Waals surface area contributed by atoms with E-state index in [9.17, 15) is 9.90 Å². The number of pyridine rings is 1. The second-order valence-corrected chi connectivity index (χ2v) is 3.72. The zero-order chi connectivity index (χ0) is 11.4. The van der Waals surface area contributed by atoms with Gasteiger partial charge in [-0.05, 0) is 17.5 Å². The Bertz CT molecular complexity index is 326. The van der Waals surface area contributed by atoms with Gasteiger partial charge in [-0.1, -0.05) is 19.9 Å². The highest BCUT2D eigenvalue weighted by molar-refractivity contribution is 5.69. The first-order chi connectivity index (χ1) is 7.04. The van der Waals surface area contributed by atoms with E-state index in [4.69, 9.17) is 5.11 Å². The molecule has 1 heterocycles. The summed E-state index contributed by atoms with van der Waals surface area (Å²) < 4.78 is 0. The lowest BCUT2D eigenvalue weighted by atomic mass is 9.88. The van der Waals surface area contributed by atoms with Crippen LogP contribution in [0.5, 0.6) is 0 Å². The number of aliphatic hydroxyl groups is 1. The molecule has 1 rings (SSSR count). The number of carboxylic acid groups (broad SMARTS) is 1. The van der Waals surface area contributed by atoms with Crippen molar-refractivity contribution in [3.05, 3.63) is 30.1 Å². The number of hydrogen-bond donors (Lipinski definition) is 2. The quantitative estimate of drug-likeness (QED) is 0.787. The van der Waals surface area contributed by atoms with E-state index in [1.54, 1.807) is 38.4 Å². The standard InChI is InChI=1S/C11H15NO3/c1-7(8(2)11(14)15)10(13)9-4-3-5-12-6-9/h3-8,10,13H,1-2H3,(H,14,15). The van der Waals surface area contributed by atoms with Crippen molar-refractivity contribution in [1.82, 2.24) is 4.98 Å². The molecule has 1 aromatic heterocycles. The van der Waals surface area contributed by atoms with Crippen molar-refractivity contribution < 1.29 is 15.0 Å². The predicted molar refractivity (Wildman–Crippen MR) is 55.2 cm³/mol. The highest BCUT2D eigenvalue weighted by Gasteiger charge is 2.26. The highest BCUT2D eigenvalue weighted by Crippen LogP contribution is 2.27. The fourth-order valence-corrected chi connectivity index (χ4v) is 1.35. The van der Waals surface area contributed by atoms with E-state index in [0.717, 1.165) is 0 Å². The topological polar surface area (TPSA) is 70.4 Å². The average Bonchev–Trinajstić information content (AvgIpc) is 2.27. The van der Waals surface area contributed by atoms with E-state index in [1.165, 1.54) is 0 Å². The van der Waals surface area contributed by atoms with Crippen molar-refractivity contribution in [3.8, 4) is 0 Å². The number of aromatic nitrogens is 1. The van der Waals surface area contributed by atoms with Crippen LogP contribution in [0, 0.1) is 11.8 Å². The van der Waals surface area contributed by atoms with Crippen LogP contribution in [0.1, 0.15) is 25.5 Å². The van der Waals surface area contributed by atoms with Gasteiger partial charge in [-0.3, -0.25) is 9.78 Å². The smallest absolute Gasteiger partial charge is 0.306 e. The normalized spacial score (nSPS) is 16.7. The molecule has 0 fully saturated rings. The molecule has 0 saturated heterocycles. The Labute approximate surface area is 88.6 Å². The lowest BCUT2D eigenvalue weighted by molar-refractivity contribution is -0.144. The summed E-state index contributed by atoms with van der Waals surface area (Å²) in [6.07, 6.45) is 2.38. The molecule has 0 amide bonds. The highest BCUT2D eigenvalue weighted by atomic mass is 16.4. The van der Waals surface area contributed by atoms with Crippen LogP contribution in [0.3, 0.4) is 0 Å². The van der Waals surface area contributed by atoms with Crippen molar-refractivity contribution in [2.75, 3.05) is 0 Å². The lowest BCUT2D eigenvalue weighted by Gasteiger charge is -2.22. The van der Waals surface area contributed by atoms with Crippen LogP contribution in [0.15, 0.2) is 24.5 Å². The van der Waals surface area contributed by atoms with Crippen LogP contribution >= 0.6 is 0 Å². The Kier molecular flexibility index (Phi) is 3.80. The minimum absolute atomic E-state index is 0.341. The zero-order valence-electron chi connectivity index (χ0n) is 8.79. The van der Waals surface area contributed by atoms with Crippen molar-refractivity contribution in [2.24, 2.45) is 11.8 Å². The lowest BCUT2D eigenvalue weighted by Crippen LogP contribution is -2.23. The maximum atomic E-state index is 10.7. The van der Waals surface area contributed by atoms with E-state index >= 15 is 0 Å². The Morgan fingerprint density at radius 3 is 2.60 bits per heavy atom. The first-order valence-corrected chi connectivity index (χ1v) is 4.85. The van der Waals surface area contributed by atoms with E-state index in [2.05, 4.69) is 4.98 Å². The Morgan fingerprint density at radius 2 is 2.13 bits per heavy atom.